The number of methoxy groups -OCH3 is 1. The molecule has 0 amide bonds. The SMILES string of the molecule is COC(C(=O)c1cccc(C)c1)C1CC1. The number of ether oxygens (including phenoxy) is 1. The highest BCUT2D eigenvalue weighted by molar-refractivity contribution is 6.00. The van der Waals surface area contributed by atoms with E-state index in [2.05, 4.69) is 0 Å². The Morgan fingerprint density at radius 3 is 2.73 bits per heavy atom. The van der Waals surface area contributed by atoms with Crippen molar-refractivity contribution >= 4 is 5.78 Å². The maximum atomic E-state index is 12.1. The molecule has 0 radical (unpaired) electrons. The summed E-state index contributed by atoms with van der Waals surface area (Å²) in [5.41, 5.74) is 1.89. The molecular formula is C13H16O2. The van der Waals surface area contributed by atoms with Gasteiger partial charge in [-0.25, -0.2) is 0 Å². The van der Waals surface area contributed by atoms with E-state index in [0.29, 0.717) is 5.92 Å². The van der Waals surface area contributed by atoms with Crippen LogP contribution in [0.1, 0.15) is 28.8 Å². The molecule has 0 bridgehead atoms. The van der Waals surface area contributed by atoms with Crippen LogP contribution < -0.4 is 0 Å². The predicted octanol–water partition coefficient (Wildman–Crippen LogP) is 2.60. The van der Waals surface area contributed by atoms with Crippen LogP contribution >= 0.6 is 0 Å². The Bertz CT molecular complexity index is 367. The monoisotopic (exact) mass is 204 g/mol. The Morgan fingerprint density at radius 2 is 2.20 bits per heavy atom. The molecule has 1 aliphatic rings. The fraction of sp³-hybridized carbons (Fsp3) is 0.462. The molecule has 1 unspecified atom stereocenters. The zero-order valence-electron chi connectivity index (χ0n) is 9.19. The van der Waals surface area contributed by atoms with E-state index in [1.807, 2.05) is 31.2 Å². The van der Waals surface area contributed by atoms with Crippen molar-refractivity contribution in [2.24, 2.45) is 5.92 Å². The first-order valence-corrected chi connectivity index (χ1v) is 5.36. The number of hydrogen-bond donors (Lipinski definition) is 0. The maximum absolute atomic E-state index is 12.1. The van der Waals surface area contributed by atoms with Crippen molar-refractivity contribution < 1.29 is 9.53 Å². The lowest BCUT2D eigenvalue weighted by Crippen LogP contribution is -2.25. The van der Waals surface area contributed by atoms with Crippen LogP contribution in [0.25, 0.3) is 0 Å². The van der Waals surface area contributed by atoms with Crippen molar-refractivity contribution in [1.82, 2.24) is 0 Å². The minimum absolute atomic E-state index is 0.128. The Labute approximate surface area is 90.3 Å². The standard InChI is InChI=1S/C13H16O2/c1-9-4-3-5-11(8-9)12(14)13(15-2)10-6-7-10/h3-5,8,10,13H,6-7H2,1-2H3. The minimum atomic E-state index is -0.230. The lowest BCUT2D eigenvalue weighted by Gasteiger charge is -2.13. The van der Waals surface area contributed by atoms with Crippen LogP contribution in [0.15, 0.2) is 24.3 Å². The number of Topliss-reactive ketones (excluding diaryl/α,β-unsaturated/α-hetero) is 1. The second-order valence-corrected chi connectivity index (χ2v) is 4.23. The summed E-state index contributed by atoms with van der Waals surface area (Å²) in [5.74, 6) is 0.576. The topological polar surface area (TPSA) is 26.3 Å². The first-order valence-electron chi connectivity index (χ1n) is 5.36. The van der Waals surface area contributed by atoms with Gasteiger partial charge in [-0.15, -0.1) is 0 Å². The minimum Gasteiger partial charge on any atom is -0.373 e. The molecule has 1 aliphatic carbocycles. The first-order chi connectivity index (χ1) is 7.22. The zero-order chi connectivity index (χ0) is 10.8. The van der Waals surface area contributed by atoms with E-state index in [4.69, 9.17) is 4.74 Å². The maximum Gasteiger partial charge on any atom is 0.191 e. The quantitative estimate of drug-likeness (QED) is 0.705. The molecule has 0 heterocycles. The van der Waals surface area contributed by atoms with Gasteiger partial charge in [0.25, 0.3) is 0 Å². The third-order valence-electron chi connectivity index (χ3n) is 2.87. The predicted molar refractivity (Wildman–Crippen MR) is 59.0 cm³/mol. The van der Waals surface area contributed by atoms with E-state index >= 15 is 0 Å². The molecular weight excluding hydrogens is 188 g/mol. The van der Waals surface area contributed by atoms with Crippen LogP contribution in [0.3, 0.4) is 0 Å². The van der Waals surface area contributed by atoms with Gasteiger partial charge in [-0.3, -0.25) is 4.79 Å². The molecule has 1 aromatic carbocycles. The fourth-order valence-corrected chi connectivity index (χ4v) is 1.88. The van der Waals surface area contributed by atoms with Crippen LogP contribution in [-0.2, 0) is 4.74 Å². The van der Waals surface area contributed by atoms with E-state index in [1.54, 1.807) is 7.11 Å². The van der Waals surface area contributed by atoms with Crippen molar-refractivity contribution in [3.8, 4) is 0 Å². The molecule has 0 saturated heterocycles. The highest BCUT2D eigenvalue weighted by Gasteiger charge is 2.36. The number of aryl methyl sites for hydroxylation is 1. The van der Waals surface area contributed by atoms with E-state index in [0.717, 1.165) is 24.0 Å². The van der Waals surface area contributed by atoms with Gasteiger partial charge in [-0.05, 0) is 31.7 Å². The molecule has 15 heavy (non-hydrogen) atoms. The fourth-order valence-electron chi connectivity index (χ4n) is 1.88. The number of benzene rings is 1. The molecule has 0 aromatic heterocycles. The van der Waals surface area contributed by atoms with Gasteiger partial charge in [0.2, 0.25) is 0 Å². The third kappa shape index (κ3) is 2.26. The summed E-state index contributed by atoms with van der Waals surface area (Å²) in [7, 11) is 1.62. The van der Waals surface area contributed by atoms with Crippen LogP contribution in [0.5, 0.6) is 0 Å². The van der Waals surface area contributed by atoms with Gasteiger partial charge >= 0.3 is 0 Å². The van der Waals surface area contributed by atoms with E-state index in [-0.39, 0.29) is 11.9 Å². The molecule has 2 heteroatoms. The number of hydrogen-bond acceptors (Lipinski definition) is 2. The molecule has 2 nitrogen and oxygen atoms in total. The Hall–Kier alpha value is -1.15. The van der Waals surface area contributed by atoms with Crippen molar-refractivity contribution in [3.63, 3.8) is 0 Å². The summed E-state index contributed by atoms with van der Waals surface area (Å²) >= 11 is 0. The van der Waals surface area contributed by atoms with Gasteiger partial charge in [0, 0.05) is 12.7 Å². The summed E-state index contributed by atoms with van der Waals surface area (Å²) in [6, 6.07) is 7.71. The van der Waals surface area contributed by atoms with Crippen LogP contribution in [0, 0.1) is 12.8 Å². The number of carbonyl (C=O) groups excluding carboxylic acids is 1. The summed E-state index contributed by atoms with van der Waals surface area (Å²) in [6.07, 6.45) is 2.01. The van der Waals surface area contributed by atoms with E-state index in [9.17, 15) is 4.79 Å². The van der Waals surface area contributed by atoms with Gasteiger partial charge in [-0.2, -0.15) is 0 Å². The smallest absolute Gasteiger partial charge is 0.191 e. The van der Waals surface area contributed by atoms with Crippen LogP contribution in [0.4, 0.5) is 0 Å². The lowest BCUT2D eigenvalue weighted by molar-refractivity contribution is 0.0540. The largest absolute Gasteiger partial charge is 0.373 e. The van der Waals surface area contributed by atoms with Gasteiger partial charge in [0.05, 0.1) is 0 Å². The van der Waals surface area contributed by atoms with Gasteiger partial charge < -0.3 is 4.74 Å². The van der Waals surface area contributed by atoms with E-state index < -0.39 is 0 Å². The van der Waals surface area contributed by atoms with Gasteiger partial charge in [0.1, 0.15) is 6.10 Å². The second kappa shape index (κ2) is 4.15. The summed E-state index contributed by atoms with van der Waals surface area (Å²) in [5, 5.41) is 0. The van der Waals surface area contributed by atoms with Crippen molar-refractivity contribution in [2.45, 2.75) is 25.9 Å². The molecule has 2 rings (SSSR count). The van der Waals surface area contributed by atoms with Gasteiger partial charge in [-0.1, -0.05) is 23.8 Å². The lowest BCUT2D eigenvalue weighted by atomic mass is 10.0. The van der Waals surface area contributed by atoms with Crippen molar-refractivity contribution in [2.75, 3.05) is 7.11 Å². The summed E-state index contributed by atoms with van der Waals surface area (Å²) < 4.78 is 5.28. The van der Waals surface area contributed by atoms with Crippen LogP contribution in [0.2, 0.25) is 0 Å². The molecule has 80 valence electrons. The molecule has 0 aliphatic heterocycles. The average Bonchev–Trinajstić information content (AvgIpc) is 3.03. The molecule has 0 spiro atoms. The van der Waals surface area contributed by atoms with E-state index in [1.165, 1.54) is 0 Å². The highest BCUT2D eigenvalue weighted by atomic mass is 16.5. The molecule has 1 aromatic rings. The zero-order valence-corrected chi connectivity index (χ0v) is 9.19. The number of ketones is 1. The Kier molecular flexibility index (Phi) is 2.87. The molecule has 1 saturated carbocycles. The highest BCUT2D eigenvalue weighted by Crippen LogP contribution is 2.35. The second-order valence-electron chi connectivity index (χ2n) is 4.23. The van der Waals surface area contributed by atoms with Crippen molar-refractivity contribution in [1.29, 1.82) is 0 Å². The van der Waals surface area contributed by atoms with Crippen LogP contribution in [-0.4, -0.2) is 19.0 Å². The number of rotatable bonds is 4. The van der Waals surface area contributed by atoms with Crippen molar-refractivity contribution in [3.05, 3.63) is 35.4 Å². The summed E-state index contributed by atoms with van der Waals surface area (Å²) in [4.78, 5) is 12.1. The molecule has 1 fully saturated rings. The molecule has 1 atom stereocenters. The summed E-state index contributed by atoms with van der Waals surface area (Å²) in [6.45, 7) is 2.00. The average molecular weight is 204 g/mol. The number of carbonyl (C=O) groups is 1. The Morgan fingerprint density at radius 1 is 1.47 bits per heavy atom. The first kappa shape index (κ1) is 10.4. The van der Waals surface area contributed by atoms with Gasteiger partial charge in [0.15, 0.2) is 5.78 Å². The third-order valence-corrected chi connectivity index (χ3v) is 2.87. The normalized spacial score (nSPS) is 17.5. The molecule has 0 N–H and O–H groups in total. The Balaban J connectivity index is 2.18.